The summed E-state index contributed by atoms with van der Waals surface area (Å²) in [6, 6.07) is 7.24. The Labute approximate surface area is 115 Å². The SMILES string of the molecule is O=C(O)CCNCc1coc(-c2cccc(Cl)c2)n1. The number of benzene rings is 1. The van der Waals surface area contributed by atoms with Crippen molar-refractivity contribution in [3.63, 3.8) is 0 Å². The number of rotatable bonds is 6. The minimum Gasteiger partial charge on any atom is -0.481 e. The molecule has 0 unspecified atom stereocenters. The molecule has 0 aliphatic carbocycles. The molecule has 2 N–H and O–H groups in total. The maximum atomic E-state index is 10.3. The molecular weight excluding hydrogens is 268 g/mol. The predicted molar refractivity (Wildman–Crippen MR) is 70.9 cm³/mol. The van der Waals surface area contributed by atoms with Gasteiger partial charge in [-0.2, -0.15) is 0 Å². The van der Waals surface area contributed by atoms with Crippen LogP contribution in [0.2, 0.25) is 5.02 Å². The highest BCUT2D eigenvalue weighted by Crippen LogP contribution is 2.21. The summed E-state index contributed by atoms with van der Waals surface area (Å²) >= 11 is 5.90. The number of nitrogens with one attached hydrogen (secondary N) is 1. The largest absolute Gasteiger partial charge is 0.481 e. The van der Waals surface area contributed by atoms with E-state index in [0.717, 1.165) is 11.3 Å². The molecule has 2 rings (SSSR count). The van der Waals surface area contributed by atoms with Crippen molar-refractivity contribution in [2.45, 2.75) is 13.0 Å². The van der Waals surface area contributed by atoms with Crippen LogP contribution < -0.4 is 5.32 Å². The Kier molecular flexibility index (Phi) is 4.54. The lowest BCUT2D eigenvalue weighted by Gasteiger charge is -1.98. The molecule has 0 aliphatic heterocycles. The first kappa shape index (κ1) is 13.6. The molecule has 0 saturated carbocycles. The van der Waals surface area contributed by atoms with Crippen molar-refractivity contribution in [3.05, 3.63) is 41.2 Å². The minimum atomic E-state index is -0.827. The number of aromatic nitrogens is 1. The van der Waals surface area contributed by atoms with Gasteiger partial charge in [-0.25, -0.2) is 4.98 Å². The van der Waals surface area contributed by atoms with Crippen molar-refractivity contribution in [2.75, 3.05) is 6.54 Å². The second kappa shape index (κ2) is 6.36. The van der Waals surface area contributed by atoms with Crippen LogP contribution in [0.5, 0.6) is 0 Å². The van der Waals surface area contributed by atoms with E-state index < -0.39 is 5.97 Å². The van der Waals surface area contributed by atoms with Gasteiger partial charge in [0.2, 0.25) is 5.89 Å². The van der Waals surface area contributed by atoms with Crippen LogP contribution in [0.3, 0.4) is 0 Å². The molecule has 0 atom stereocenters. The Morgan fingerprint density at radius 2 is 2.32 bits per heavy atom. The van der Waals surface area contributed by atoms with Gasteiger partial charge in [-0.15, -0.1) is 0 Å². The van der Waals surface area contributed by atoms with Gasteiger partial charge in [0, 0.05) is 23.7 Å². The lowest BCUT2D eigenvalue weighted by Crippen LogP contribution is -2.17. The first-order chi connectivity index (χ1) is 9.15. The number of oxazole rings is 1. The second-order valence-corrected chi connectivity index (χ2v) is 4.41. The van der Waals surface area contributed by atoms with Gasteiger partial charge in [-0.3, -0.25) is 4.79 Å². The van der Waals surface area contributed by atoms with Gasteiger partial charge in [0.1, 0.15) is 6.26 Å². The van der Waals surface area contributed by atoms with Crippen LogP contribution >= 0.6 is 11.6 Å². The van der Waals surface area contributed by atoms with Crippen LogP contribution in [0.4, 0.5) is 0 Å². The minimum absolute atomic E-state index is 0.0823. The third-order valence-corrected chi connectivity index (χ3v) is 2.68. The fourth-order valence-corrected chi connectivity index (χ4v) is 1.74. The molecule has 6 heteroatoms. The highest BCUT2D eigenvalue weighted by atomic mass is 35.5. The number of hydrogen-bond acceptors (Lipinski definition) is 4. The summed E-state index contributed by atoms with van der Waals surface area (Å²) in [7, 11) is 0. The Morgan fingerprint density at radius 3 is 3.05 bits per heavy atom. The zero-order valence-electron chi connectivity index (χ0n) is 10.1. The number of carbonyl (C=O) groups is 1. The van der Waals surface area contributed by atoms with Crippen molar-refractivity contribution in [3.8, 4) is 11.5 Å². The Bertz CT molecular complexity index is 569. The molecule has 0 saturated heterocycles. The van der Waals surface area contributed by atoms with Crippen molar-refractivity contribution >= 4 is 17.6 Å². The van der Waals surface area contributed by atoms with E-state index in [0.29, 0.717) is 24.0 Å². The molecule has 0 fully saturated rings. The highest BCUT2D eigenvalue weighted by molar-refractivity contribution is 6.30. The van der Waals surface area contributed by atoms with Crippen LogP contribution in [0.15, 0.2) is 34.9 Å². The molecule has 0 radical (unpaired) electrons. The normalized spacial score (nSPS) is 10.6. The molecule has 0 spiro atoms. The average Bonchev–Trinajstić information content (AvgIpc) is 2.83. The molecule has 1 aromatic carbocycles. The molecule has 19 heavy (non-hydrogen) atoms. The van der Waals surface area contributed by atoms with E-state index in [-0.39, 0.29) is 6.42 Å². The number of carboxylic acid groups (broad SMARTS) is 1. The summed E-state index contributed by atoms with van der Waals surface area (Å²) in [5.74, 6) is -0.329. The first-order valence-electron chi connectivity index (χ1n) is 5.78. The van der Waals surface area contributed by atoms with Crippen molar-refractivity contribution in [2.24, 2.45) is 0 Å². The average molecular weight is 281 g/mol. The van der Waals surface area contributed by atoms with E-state index in [1.807, 2.05) is 12.1 Å². The number of carboxylic acids is 1. The predicted octanol–water partition coefficient (Wildman–Crippen LogP) is 2.56. The Balaban J connectivity index is 1.94. The van der Waals surface area contributed by atoms with E-state index in [2.05, 4.69) is 10.3 Å². The van der Waals surface area contributed by atoms with E-state index >= 15 is 0 Å². The molecule has 100 valence electrons. The van der Waals surface area contributed by atoms with E-state index in [1.165, 1.54) is 0 Å². The van der Waals surface area contributed by atoms with Crippen LogP contribution in [0.1, 0.15) is 12.1 Å². The molecule has 1 aromatic heterocycles. The van der Waals surface area contributed by atoms with Crippen molar-refractivity contribution in [1.29, 1.82) is 0 Å². The molecule has 0 aliphatic rings. The summed E-state index contributed by atoms with van der Waals surface area (Å²) in [6.07, 6.45) is 1.63. The molecule has 0 bridgehead atoms. The maximum Gasteiger partial charge on any atom is 0.304 e. The Hall–Kier alpha value is -1.85. The summed E-state index contributed by atoms with van der Waals surface area (Å²) < 4.78 is 5.36. The summed E-state index contributed by atoms with van der Waals surface area (Å²) in [4.78, 5) is 14.6. The molecule has 5 nitrogen and oxygen atoms in total. The van der Waals surface area contributed by atoms with Gasteiger partial charge in [0.25, 0.3) is 0 Å². The first-order valence-corrected chi connectivity index (χ1v) is 6.16. The van der Waals surface area contributed by atoms with E-state index in [9.17, 15) is 4.79 Å². The van der Waals surface area contributed by atoms with Crippen molar-refractivity contribution < 1.29 is 14.3 Å². The van der Waals surface area contributed by atoms with Crippen LogP contribution in [-0.2, 0) is 11.3 Å². The lowest BCUT2D eigenvalue weighted by molar-refractivity contribution is -0.136. The van der Waals surface area contributed by atoms with Gasteiger partial charge in [0.15, 0.2) is 0 Å². The summed E-state index contributed by atoms with van der Waals surface area (Å²) in [5, 5.41) is 12.1. The number of halogens is 1. The smallest absolute Gasteiger partial charge is 0.304 e. The highest BCUT2D eigenvalue weighted by Gasteiger charge is 2.07. The number of aliphatic carboxylic acids is 1. The number of nitrogens with zero attached hydrogens (tertiary/aromatic N) is 1. The zero-order chi connectivity index (χ0) is 13.7. The van der Waals surface area contributed by atoms with Crippen LogP contribution in [0.25, 0.3) is 11.5 Å². The monoisotopic (exact) mass is 280 g/mol. The molecule has 1 heterocycles. The second-order valence-electron chi connectivity index (χ2n) is 3.97. The fourth-order valence-electron chi connectivity index (χ4n) is 1.55. The van der Waals surface area contributed by atoms with E-state index in [4.69, 9.17) is 21.1 Å². The molecular formula is C13H13ClN2O3. The third kappa shape index (κ3) is 4.08. The third-order valence-electron chi connectivity index (χ3n) is 2.45. The summed E-state index contributed by atoms with van der Waals surface area (Å²) in [5.41, 5.74) is 1.53. The van der Waals surface area contributed by atoms with Crippen LogP contribution in [-0.4, -0.2) is 22.6 Å². The topological polar surface area (TPSA) is 75.4 Å². The van der Waals surface area contributed by atoms with Crippen LogP contribution in [0, 0.1) is 0 Å². The molecule has 2 aromatic rings. The lowest BCUT2D eigenvalue weighted by atomic mass is 10.2. The standard InChI is InChI=1S/C13H13ClN2O3/c14-10-3-1-2-9(6-10)13-16-11(8-19-13)7-15-5-4-12(17)18/h1-3,6,8,15H,4-5,7H2,(H,17,18). The van der Waals surface area contributed by atoms with E-state index in [1.54, 1.807) is 18.4 Å². The molecule has 0 amide bonds. The Morgan fingerprint density at radius 1 is 1.47 bits per heavy atom. The van der Waals surface area contributed by atoms with Gasteiger partial charge in [-0.05, 0) is 18.2 Å². The fraction of sp³-hybridized carbons (Fsp3) is 0.231. The zero-order valence-corrected chi connectivity index (χ0v) is 10.9. The summed E-state index contributed by atoms with van der Waals surface area (Å²) in [6.45, 7) is 0.867. The van der Waals surface area contributed by atoms with Gasteiger partial charge < -0.3 is 14.8 Å². The van der Waals surface area contributed by atoms with Gasteiger partial charge in [0.05, 0.1) is 12.1 Å². The van der Waals surface area contributed by atoms with Gasteiger partial charge >= 0.3 is 5.97 Å². The van der Waals surface area contributed by atoms with Gasteiger partial charge in [-0.1, -0.05) is 17.7 Å². The number of hydrogen-bond donors (Lipinski definition) is 2. The quantitative estimate of drug-likeness (QED) is 0.796. The van der Waals surface area contributed by atoms with Crippen molar-refractivity contribution in [1.82, 2.24) is 10.3 Å². The maximum absolute atomic E-state index is 10.3.